The van der Waals surface area contributed by atoms with Crippen LogP contribution in [0.3, 0.4) is 0 Å². The van der Waals surface area contributed by atoms with Crippen molar-refractivity contribution < 1.29 is 13.6 Å². The highest BCUT2D eigenvalue weighted by Crippen LogP contribution is 2.47. The molecule has 0 fully saturated rings. The van der Waals surface area contributed by atoms with Crippen molar-refractivity contribution in [1.82, 2.24) is 0 Å². The molecular weight excluding hydrogens is 1020 g/mol. The molecule has 0 atom stereocenters. The average molecular weight is 1150 g/mol. The number of hydrogen-bond donors (Lipinski definition) is 0. The highest BCUT2D eigenvalue weighted by atomic mass is 31.2. The number of rotatable bonds is 61. The average Bonchev–Trinajstić information content (AvgIpc) is 3.65. The fourth-order valence-electron chi connectivity index (χ4n) is 12.5. The molecule has 0 aliphatic carbocycles. The summed E-state index contributed by atoms with van der Waals surface area (Å²) in [5, 5.41) is 0. The van der Waals surface area contributed by atoms with Crippen molar-refractivity contribution in [2.75, 3.05) is 0 Å². The summed E-state index contributed by atoms with van der Waals surface area (Å²) in [7, 11) is -1.82. The molecule has 0 aromatic heterocycles. The van der Waals surface area contributed by atoms with Gasteiger partial charge in [-0.1, -0.05) is 366 Å². The first-order chi connectivity index (χ1) is 40.6. The molecule has 0 saturated heterocycles. The molecule has 3 nitrogen and oxygen atoms in total. The third-order valence-electron chi connectivity index (χ3n) is 17.9. The van der Waals surface area contributed by atoms with Crippen LogP contribution in [0.4, 0.5) is 0 Å². The molecule has 0 radical (unpaired) electrons. The largest absolute Gasteiger partial charge is 0.530 e. The van der Waals surface area contributed by atoms with Gasteiger partial charge in [-0.2, -0.15) is 0 Å². The number of aryl methyl sites for hydroxylation is 3. The molecule has 82 heavy (non-hydrogen) atoms. The second-order valence-corrected chi connectivity index (χ2v) is 26.5. The maximum absolute atomic E-state index is 7.38. The minimum Gasteiger partial charge on any atom is -0.408 e. The maximum atomic E-state index is 7.38. The molecule has 0 aliphatic heterocycles. The Kier molecular flexibility index (Phi) is 49.5. The Morgan fingerprint density at radius 1 is 0.207 bits per heavy atom. The van der Waals surface area contributed by atoms with Gasteiger partial charge >= 0.3 is 8.60 Å². The van der Waals surface area contributed by atoms with Crippen LogP contribution in [0.15, 0.2) is 60.7 Å². The molecule has 470 valence electrons. The SMILES string of the molecule is CCCCCCCCCCCCc1ccccc1OP(Oc1cccc(CCCCCCCCCCCC)c1CCCCCCCCCCCC)Oc1cccc(CCCCCCCCCCCC)c1CCCCCCCCCCCC. The van der Waals surface area contributed by atoms with Gasteiger partial charge < -0.3 is 13.6 Å². The summed E-state index contributed by atoms with van der Waals surface area (Å²) in [6.45, 7) is 11.6. The molecule has 4 heteroatoms. The molecular formula is C78H135O3P. The Balaban J connectivity index is 1.91. The van der Waals surface area contributed by atoms with Crippen molar-refractivity contribution >= 4 is 8.60 Å². The van der Waals surface area contributed by atoms with Crippen LogP contribution in [-0.2, 0) is 32.1 Å². The lowest BCUT2D eigenvalue weighted by Gasteiger charge is -2.24. The fourth-order valence-corrected chi connectivity index (χ4v) is 13.6. The van der Waals surface area contributed by atoms with E-state index in [-0.39, 0.29) is 0 Å². The van der Waals surface area contributed by atoms with Crippen molar-refractivity contribution in [3.63, 3.8) is 0 Å². The van der Waals surface area contributed by atoms with E-state index in [1.54, 1.807) is 0 Å². The topological polar surface area (TPSA) is 27.7 Å². The molecule has 0 aliphatic rings. The number of para-hydroxylation sites is 1. The van der Waals surface area contributed by atoms with E-state index in [0.717, 1.165) is 49.4 Å². The first kappa shape index (κ1) is 73.7. The van der Waals surface area contributed by atoms with Gasteiger partial charge in [0.05, 0.1) is 0 Å². The van der Waals surface area contributed by atoms with Crippen LogP contribution in [0, 0.1) is 0 Å². The summed E-state index contributed by atoms with van der Waals surface area (Å²) in [5.74, 6) is 2.90. The second-order valence-electron chi connectivity index (χ2n) is 25.6. The lowest BCUT2D eigenvalue weighted by atomic mass is 9.95. The predicted molar refractivity (Wildman–Crippen MR) is 366 cm³/mol. The van der Waals surface area contributed by atoms with Gasteiger partial charge in [0.15, 0.2) is 0 Å². The highest BCUT2D eigenvalue weighted by Gasteiger charge is 2.26. The van der Waals surface area contributed by atoms with Crippen LogP contribution in [0.2, 0.25) is 0 Å². The summed E-state index contributed by atoms with van der Waals surface area (Å²) in [6.07, 6.45) is 73.0. The van der Waals surface area contributed by atoms with E-state index < -0.39 is 8.60 Å². The Morgan fingerprint density at radius 3 is 0.707 bits per heavy atom. The van der Waals surface area contributed by atoms with E-state index in [0.29, 0.717) is 0 Å². The standard InChI is InChI=1S/C78H135O3P/c1-6-11-16-21-26-31-36-41-46-51-60-71-64-58-69-77(74(71)66-54-49-44-39-34-29-24-19-14-9-4)80-82(79-76-68-57-56-63-73(76)62-53-48-43-38-33-28-23-18-13-8-3)81-78-70-59-65-72(61-52-47-42-37-32-27-22-17-12-7-2)75(78)67-55-50-45-40-35-30-25-20-15-10-5/h56-59,63-65,68-70H,6-55,60-62,66-67H2,1-5H3. The van der Waals surface area contributed by atoms with Gasteiger partial charge in [0.2, 0.25) is 0 Å². The normalized spacial score (nSPS) is 11.6. The monoisotopic (exact) mass is 1150 g/mol. The van der Waals surface area contributed by atoms with E-state index >= 15 is 0 Å². The Labute approximate surface area is 513 Å². The van der Waals surface area contributed by atoms with Crippen molar-refractivity contribution in [3.05, 3.63) is 88.5 Å². The molecule has 0 heterocycles. The van der Waals surface area contributed by atoms with Crippen LogP contribution in [0.25, 0.3) is 0 Å². The molecule has 0 spiro atoms. The molecule has 0 saturated carbocycles. The summed E-state index contributed by atoms with van der Waals surface area (Å²) in [5.41, 5.74) is 7.03. The number of benzene rings is 3. The van der Waals surface area contributed by atoms with Crippen molar-refractivity contribution in [1.29, 1.82) is 0 Å². The van der Waals surface area contributed by atoms with Gasteiger partial charge in [0.25, 0.3) is 0 Å². The lowest BCUT2D eigenvalue weighted by molar-refractivity contribution is 0.381. The lowest BCUT2D eigenvalue weighted by Crippen LogP contribution is -2.08. The Bertz CT molecular complexity index is 1740. The van der Waals surface area contributed by atoms with Gasteiger partial charge in [0, 0.05) is 0 Å². The zero-order valence-electron chi connectivity index (χ0n) is 55.3. The molecule has 0 unspecified atom stereocenters. The van der Waals surface area contributed by atoms with Gasteiger partial charge in [-0.25, -0.2) is 0 Å². The Morgan fingerprint density at radius 2 is 0.415 bits per heavy atom. The third kappa shape index (κ3) is 38.5. The third-order valence-corrected chi connectivity index (χ3v) is 18.9. The first-order valence-electron chi connectivity index (χ1n) is 36.8. The molecule has 3 aromatic rings. The molecule has 0 amide bonds. The zero-order valence-corrected chi connectivity index (χ0v) is 56.2. The quantitative estimate of drug-likeness (QED) is 0.0416. The molecule has 3 aromatic carbocycles. The number of unbranched alkanes of at least 4 members (excludes halogenated alkanes) is 45. The van der Waals surface area contributed by atoms with Crippen molar-refractivity contribution in [2.24, 2.45) is 0 Å². The van der Waals surface area contributed by atoms with Crippen LogP contribution in [0.5, 0.6) is 17.2 Å². The number of hydrogen-bond acceptors (Lipinski definition) is 3. The molecule has 0 N–H and O–H groups in total. The van der Waals surface area contributed by atoms with Gasteiger partial charge in [-0.3, -0.25) is 0 Å². The van der Waals surface area contributed by atoms with Crippen LogP contribution in [0.1, 0.15) is 383 Å². The smallest absolute Gasteiger partial charge is 0.408 e. The maximum Gasteiger partial charge on any atom is 0.530 e. The van der Waals surface area contributed by atoms with Gasteiger partial charge in [-0.15, -0.1) is 0 Å². The van der Waals surface area contributed by atoms with Crippen LogP contribution < -0.4 is 13.6 Å². The Hall–Kier alpha value is -2.51. The summed E-state index contributed by atoms with van der Waals surface area (Å²) in [6, 6.07) is 22.7. The van der Waals surface area contributed by atoms with Crippen molar-refractivity contribution in [3.8, 4) is 17.2 Å². The minimum atomic E-state index is -1.82. The van der Waals surface area contributed by atoms with E-state index in [4.69, 9.17) is 13.6 Å². The van der Waals surface area contributed by atoms with E-state index in [9.17, 15) is 0 Å². The van der Waals surface area contributed by atoms with E-state index in [2.05, 4.69) is 95.3 Å². The fraction of sp³-hybridized carbons (Fsp3) is 0.769. The zero-order chi connectivity index (χ0) is 58.3. The van der Waals surface area contributed by atoms with Gasteiger partial charge in [-0.05, 0) is 110 Å². The minimum absolute atomic E-state index is 0.931. The highest BCUT2D eigenvalue weighted by molar-refractivity contribution is 7.43. The van der Waals surface area contributed by atoms with E-state index in [1.807, 2.05) is 0 Å². The van der Waals surface area contributed by atoms with Crippen LogP contribution in [-0.4, -0.2) is 0 Å². The summed E-state index contributed by atoms with van der Waals surface area (Å²) >= 11 is 0. The summed E-state index contributed by atoms with van der Waals surface area (Å²) < 4.78 is 22.0. The summed E-state index contributed by atoms with van der Waals surface area (Å²) in [4.78, 5) is 0. The first-order valence-corrected chi connectivity index (χ1v) is 37.9. The van der Waals surface area contributed by atoms with Crippen molar-refractivity contribution in [2.45, 2.75) is 388 Å². The predicted octanol–water partition coefficient (Wildman–Crippen LogP) is 27.8. The molecule has 3 rings (SSSR count). The van der Waals surface area contributed by atoms with E-state index in [1.165, 1.54) is 349 Å². The second kappa shape index (κ2) is 55.1. The van der Waals surface area contributed by atoms with Crippen LogP contribution >= 0.6 is 8.60 Å². The molecule has 0 bridgehead atoms. The van der Waals surface area contributed by atoms with Gasteiger partial charge in [0.1, 0.15) is 17.2 Å².